The minimum absolute atomic E-state index is 0.0536. The molecule has 0 atom stereocenters. The summed E-state index contributed by atoms with van der Waals surface area (Å²) in [7, 11) is 0. The zero-order valence-electron chi connectivity index (χ0n) is 14.3. The first-order valence-corrected chi connectivity index (χ1v) is 8.79. The highest BCUT2D eigenvalue weighted by Gasteiger charge is 2.22. The van der Waals surface area contributed by atoms with Crippen molar-refractivity contribution in [2.24, 2.45) is 0 Å². The topological polar surface area (TPSA) is 55.1 Å². The zero-order valence-corrected chi connectivity index (χ0v) is 14.3. The Morgan fingerprint density at radius 2 is 1.96 bits per heavy atom. The van der Waals surface area contributed by atoms with Crippen LogP contribution in [0.5, 0.6) is 5.75 Å². The van der Waals surface area contributed by atoms with Gasteiger partial charge >= 0.3 is 0 Å². The van der Waals surface area contributed by atoms with E-state index in [2.05, 4.69) is 0 Å². The van der Waals surface area contributed by atoms with E-state index < -0.39 is 0 Å². The summed E-state index contributed by atoms with van der Waals surface area (Å²) in [5.74, 6) is 0.282. The summed E-state index contributed by atoms with van der Waals surface area (Å²) in [6.07, 6.45) is 2.96. The second kappa shape index (κ2) is 6.75. The normalized spacial score (nSPS) is 13.0. The Morgan fingerprint density at radius 3 is 2.77 bits per heavy atom. The minimum Gasteiger partial charge on any atom is -0.507 e. The van der Waals surface area contributed by atoms with Gasteiger partial charge in [0.15, 0.2) is 0 Å². The molecule has 0 spiro atoms. The number of phenolic OH excluding ortho intramolecular Hbond substituents is 1. The van der Waals surface area contributed by atoms with Gasteiger partial charge < -0.3 is 5.11 Å². The van der Waals surface area contributed by atoms with Crippen LogP contribution < -0.4 is 5.56 Å². The lowest BCUT2D eigenvalue weighted by molar-refractivity contribution is 0.476. The van der Waals surface area contributed by atoms with E-state index in [1.807, 2.05) is 12.1 Å². The summed E-state index contributed by atoms with van der Waals surface area (Å²) in [6, 6.07) is 13.3. The first-order valence-electron chi connectivity index (χ1n) is 8.79. The van der Waals surface area contributed by atoms with E-state index in [0.29, 0.717) is 24.4 Å². The number of halogens is 1. The van der Waals surface area contributed by atoms with Crippen molar-refractivity contribution in [3.05, 3.63) is 81.5 Å². The molecule has 4 rings (SSSR count). The van der Waals surface area contributed by atoms with Crippen LogP contribution in [-0.2, 0) is 25.8 Å². The monoisotopic (exact) mass is 350 g/mol. The molecule has 1 aliphatic rings. The van der Waals surface area contributed by atoms with Crippen molar-refractivity contribution >= 4 is 0 Å². The Kier molecular flexibility index (Phi) is 4.29. The fourth-order valence-corrected chi connectivity index (χ4v) is 3.54. The fourth-order valence-electron chi connectivity index (χ4n) is 3.54. The predicted octanol–water partition coefficient (Wildman–Crippen LogP) is 3.49. The van der Waals surface area contributed by atoms with Gasteiger partial charge in [-0.15, -0.1) is 0 Å². The molecule has 1 aliphatic carbocycles. The van der Waals surface area contributed by atoms with Crippen molar-refractivity contribution in [1.29, 1.82) is 0 Å². The van der Waals surface area contributed by atoms with Crippen molar-refractivity contribution in [1.82, 2.24) is 9.55 Å². The maximum absolute atomic E-state index is 13.4. The Balaban J connectivity index is 1.79. The molecule has 0 aliphatic heterocycles. The maximum atomic E-state index is 13.4. The summed E-state index contributed by atoms with van der Waals surface area (Å²) < 4.78 is 15.1. The number of para-hydroxylation sites is 1. The SMILES string of the molecule is O=c1c2c(nc(-c3ccccc3O)n1CCc1cccc(F)c1)CCC2. The molecule has 0 fully saturated rings. The Hall–Kier alpha value is -2.95. The third-order valence-corrected chi connectivity index (χ3v) is 4.85. The van der Waals surface area contributed by atoms with Gasteiger partial charge in [0.1, 0.15) is 17.4 Å². The third kappa shape index (κ3) is 3.01. The maximum Gasteiger partial charge on any atom is 0.257 e. The van der Waals surface area contributed by atoms with Gasteiger partial charge in [0.25, 0.3) is 5.56 Å². The highest BCUT2D eigenvalue weighted by Crippen LogP contribution is 2.28. The molecule has 1 N–H and O–H groups in total. The van der Waals surface area contributed by atoms with E-state index in [1.54, 1.807) is 28.8 Å². The summed E-state index contributed by atoms with van der Waals surface area (Å²) in [5.41, 5.74) is 2.90. The molecule has 3 aromatic rings. The van der Waals surface area contributed by atoms with Gasteiger partial charge in [-0.3, -0.25) is 9.36 Å². The summed E-state index contributed by atoms with van der Waals surface area (Å²) >= 11 is 0. The lowest BCUT2D eigenvalue weighted by Gasteiger charge is -2.15. The van der Waals surface area contributed by atoms with Gasteiger partial charge in [-0.05, 0) is 55.5 Å². The van der Waals surface area contributed by atoms with E-state index in [1.165, 1.54) is 12.1 Å². The Bertz CT molecular complexity index is 1030. The number of nitrogens with zero attached hydrogens (tertiary/aromatic N) is 2. The van der Waals surface area contributed by atoms with Crippen LogP contribution in [0.1, 0.15) is 23.2 Å². The lowest BCUT2D eigenvalue weighted by Crippen LogP contribution is -2.27. The quantitative estimate of drug-likeness (QED) is 0.784. The van der Waals surface area contributed by atoms with E-state index in [4.69, 9.17) is 4.98 Å². The molecule has 0 saturated carbocycles. The average molecular weight is 350 g/mol. The van der Waals surface area contributed by atoms with Gasteiger partial charge in [0.2, 0.25) is 0 Å². The van der Waals surface area contributed by atoms with Crippen molar-refractivity contribution in [2.75, 3.05) is 0 Å². The summed E-state index contributed by atoms with van der Waals surface area (Å²) in [6.45, 7) is 0.381. The van der Waals surface area contributed by atoms with Gasteiger partial charge in [-0.1, -0.05) is 24.3 Å². The number of phenols is 1. The molecule has 2 aromatic carbocycles. The standard InChI is InChI=1S/C21H19FN2O2/c22-15-6-3-5-14(13-15)11-12-24-20(17-7-1-2-10-19(17)25)23-18-9-4-8-16(18)21(24)26/h1-3,5-7,10,13,25H,4,8-9,11-12H2. The molecule has 1 aromatic heterocycles. The molecule has 5 heteroatoms. The first kappa shape index (κ1) is 16.5. The first-order chi connectivity index (χ1) is 12.6. The molecule has 4 nitrogen and oxygen atoms in total. The lowest BCUT2D eigenvalue weighted by atomic mass is 10.1. The van der Waals surface area contributed by atoms with Crippen molar-refractivity contribution in [2.45, 2.75) is 32.2 Å². The fraction of sp³-hybridized carbons (Fsp3) is 0.238. The minimum atomic E-state index is -0.289. The molecule has 0 unspecified atom stereocenters. The van der Waals surface area contributed by atoms with Crippen LogP contribution in [-0.4, -0.2) is 14.7 Å². The summed E-state index contributed by atoms with van der Waals surface area (Å²) in [5, 5.41) is 10.2. The molecule has 1 heterocycles. The van der Waals surface area contributed by atoms with Crippen LogP contribution in [0, 0.1) is 5.82 Å². The molecule has 26 heavy (non-hydrogen) atoms. The van der Waals surface area contributed by atoms with Gasteiger partial charge in [0.05, 0.1) is 11.3 Å². The number of hydrogen-bond acceptors (Lipinski definition) is 3. The van der Waals surface area contributed by atoms with E-state index >= 15 is 0 Å². The molecule has 132 valence electrons. The zero-order chi connectivity index (χ0) is 18.1. The number of aromatic hydroxyl groups is 1. The van der Waals surface area contributed by atoms with Gasteiger partial charge in [0, 0.05) is 12.1 Å². The third-order valence-electron chi connectivity index (χ3n) is 4.85. The summed E-state index contributed by atoms with van der Waals surface area (Å²) in [4.78, 5) is 17.7. The smallest absolute Gasteiger partial charge is 0.257 e. The van der Waals surface area contributed by atoms with Crippen molar-refractivity contribution in [3.8, 4) is 17.1 Å². The number of benzene rings is 2. The van der Waals surface area contributed by atoms with Crippen LogP contribution in [0.25, 0.3) is 11.4 Å². The van der Waals surface area contributed by atoms with Crippen LogP contribution in [0.15, 0.2) is 53.3 Å². The molecule has 0 radical (unpaired) electrons. The second-order valence-corrected chi connectivity index (χ2v) is 6.57. The van der Waals surface area contributed by atoms with E-state index in [-0.39, 0.29) is 17.1 Å². The van der Waals surface area contributed by atoms with Crippen LogP contribution in [0.2, 0.25) is 0 Å². The number of rotatable bonds is 4. The van der Waals surface area contributed by atoms with Crippen molar-refractivity contribution in [3.63, 3.8) is 0 Å². The van der Waals surface area contributed by atoms with Crippen LogP contribution in [0.4, 0.5) is 4.39 Å². The van der Waals surface area contributed by atoms with Gasteiger partial charge in [-0.25, -0.2) is 9.37 Å². The predicted molar refractivity (Wildman–Crippen MR) is 97.7 cm³/mol. The second-order valence-electron chi connectivity index (χ2n) is 6.57. The molecular formula is C21H19FN2O2. The van der Waals surface area contributed by atoms with Crippen LogP contribution in [0.3, 0.4) is 0 Å². The molecule has 0 bridgehead atoms. The molecule has 0 amide bonds. The van der Waals surface area contributed by atoms with E-state index in [0.717, 1.165) is 36.1 Å². The average Bonchev–Trinajstić information content (AvgIpc) is 3.10. The van der Waals surface area contributed by atoms with Gasteiger partial charge in [-0.2, -0.15) is 0 Å². The largest absolute Gasteiger partial charge is 0.507 e. The number of hydrogen-bond donors (Lipinski definition) is 1. The number of aromatic nitrogens is 2. The highest BCUT2D eigenvalue weighted by molar-refractivity contribution is 5.64. The Morgan fingerprint density at radius 1 is 1.12 bits per heavy atom. The number of aryl methyl sites for hydroxylation is 2. The number of fused-ring (bicyclic) bond motifs is 1. The van der Waals surface area contributed by atoms with E-state index in [9.17, 15) is 14.3 Å². The molecule has 0 saturated heterocycles. The van der Waals surface area contributed by atoms with Crippen LogP contribution >= 0.6 is 0 Å². The van der Waals surface area contributed by atoms with Crippen molar-refractivity contribution < 1.29 is 9.50 Å². The molecular weight excluding hydrogens is 331 g/mol. The highest BCUT2D eigenvalue weighted by atomic mass is 19.1. The Labute approximate surface area is 150 Å².